The van der Waals surface area contributed by atoms with Crippen molar-refractivity contribution in [3.05, 3.63) is 0 Å². The van der Waals surface area contributed by atoms with Gasteiger partial charge in [-0.3, -0.25) is 15.2 Å². The lowest BCUT2D eigenvalue weighted by atomic mass is 10.9. The van der Waals surface area contributed by atoms with Gasteiger partial charge in [-0.2, -0.15) is 10.5 Å². The third kappa shape index (κ3) is 15.5. The van der Waals surface area contributed by atoms with Gasteiger partial charge < -0.3 is 9.79 Å². The fourth-order valence-electron chi connectivity index (χ4n) is 0.510. The number of rotatable bonds is 0. The topological polar surface area (TPSA) is 109 Å². The molecule has 0 aliphatic carbocycles. The normalized spacial score (nSPS) is 23.1. The smallest absolute Gasteiger partial charge is 0.247 e. The molecule has 0 aromatic heterocycles. The highest BCUT2D eigenvalue weighted by Gasteiger charge is 1.93. The number of nitrogens with one attached hydrogen (secondary N) is 2. The summed E-state index contributed by atoms with van der Waals surface area (Å²) in [4.78, 5) is 24.3. The molecule has 0 radical (unpaired) electrons. The van der Waals surface area contributed by atoms with E-state index in [1.165, 1.54) is 12.3 Å². The highest BCUT2D eigenvalue weighted by molar-refractivity contribution is 7.42. The molecule has 7 nitrogen and oxygen atoms in total. The Hall–Kier alpha value is 1.01. The van der Waals surface area contributed by atoms with E-state index >= 15 is 0 Å². The predicted molar refractivity (Wildman–Crippen MR) is 60.1 cm³/mol. The molecular formula is C4H16N3O4P3. The Morgan fingerprint density at radius 3 is 1.50 bits per heavy atom. The maximum Gasteiger partial charge on any atom is 0.247 e. The summed E-state index contributed by atoms with van der Waals surface area (Å²) in [5.74, 6) is 0. The Kier molecular flexibility index (Phi) is 13.0. The van der Waals surface area contributed by atoms with Crippen LogP contribution in [0.15, 0.2) is 0 Å². The zero-order valence-corrected chi connectivity index (χ0v) is 10.5. The Morgan fingerprint density at radius 2 is 1.43 bits per heavy atom. The van der Waals surface area contributed by atoms with Gasteiger partial charge in [0.05, 0.1) is 13.2 Å². The summed E-state index contributed by atoms with van der Waals surface area (Å²) in [5.41, 5.74) is 4.29. The van der Waals surface area contributed by atoms with Crippen molar-refractivity contribution in [1.29, 1.82) is 0 Å². The lowest BCUT2D eigenvalue weighted by Gasteiger charge is -1.79. The Balaban J connectivity index is 0.000000183. The van der Waals surface area contributed by atoms with Crippen molar-refractivity contribution >= 4 is 26.0 Å². The van der Waals surface area contributed by atoms with Crippen LogP contribution in [-0.4, -0.2) is 35.3 Å². The van der Waals surface area contributed by atoms with E-state index in [2.05, 4.69) is 16.0 Å². The third-order valence-corrected chi connectivity index (χ3v) is 2.43. The van der Waals surface area contributed by atoms with Gasteiger partial charge in [-0.05, 0) is 17.5 Å². The molecule has 0 amide bonds. The van der Waals surface area contributed by atoms with E-state index in [9.17, 15) is 0 Å². The van der Waals surface area contributed by atoms with Crippen molar-refractivity contribution in [2.24, 2.45) is 5.50 Å². The van der Waals surface area contributed by atoms with E-state index in [0.29, 0.717) is 0 Å². The highest BCUT2D eigenvalue weighted by atomic mass is 31.2. The van der Waals surface area contributed by atoms with Gasteiger partial charge >= 0.3 is 0 Å². The summed E-state index contributed by atoms with van der Waals surface area (Å²) in [7, 11) is -0.448. The summed E-state index contributed by atoms with van der Waals surface area (Å²) < 4.78 is 0. The molecule has 2 atom stereocenters. The van der Waals surface area contributed by atoms with Crippen LogP contribution in [0.5, 0.6) is 0 Å². The molecule has 2 aliphatic heterocycles. The standard InChI is InChI=1S/2C2H6NOP.H4NO2P/c2*1-2-5-3-4-1;1-4(2)3/h2*3,5H,1-2H2;2-3H,1H2. The van der Waals surface area contributed by atoms with E-state index in [1.54, 1.807) is 0 Å². The molecule has 0 spiro atoms. The number of hydrogen-bond acceptors (Lipinski definition) is 7. The second-order valence-corrected chi connectivity index (χ2v) is 4.83. The fourth-order valence-corrected chi connectivity index (χ4v) is 1.53. The third-order valence-electron chi connectivity index (χ3n) is 0.947. The molecule has 2 heterocycles. The van der Waals surface area contributed by atoms with E-state index in [0.717, 1.165) is 30.7 Å². The van der Waals surface area contributed by atoms with Gasteiger partial charge in [0.15, 0.2) is 0 Å². The summed E-state index contributed by atoms with van der Waals surface area (Å²) in [6.45, 7) is 1.80. The molecule has 0 aromatic carbocycles. The first-order valence-electron chi connectivity index (χ1n) is 3.85. The zero-order chi connectivity index (χ0) is 10.6. The molecule has 2 unspecified atom stereocenters. The lowest BCUT2D eigenvalue weighted by molar-refractivity contribution is 0.132. The Morgan fingerprint density at radius 1 is 1.07 bits per heavy atom. The summed E-state index contributed by atoms with van der Waals surface area (Å²) in [5, 5.41) is 5.50. The average molecular weight is 263 g/mol. The first-order valence-corrected chi connectivity index (χ1v) is 7.58. The molecule has 2 saturated heterocycles. The molecule has 6 N–H and O–H groups in total. The van der Waals surface area contributed by atoms with Gasteiger partial charge in [0.2, 0.25) is 8.53 Å². The molecule has 0 aromatic rings. The quantitative estimate of drug-likeness (QED) is 0.371. The monoisotopic (exact) mass is 263 g/mol. The van der Waals surface area contributed by atoms with Crippen molar-refractivity contribution in [3.63, 3.8) is 0 Å². The number of hydrogen-bond donors (Lipinski definition) is 5. The molecule has 0 bridgehead atoms. The van der Waals surface area contributed by atoms with Crippen LogP contribution in [0.25, 0.3) is 0 Å². The molecule has 2 aliphatic rings. The van der Waals surface area contributed by atoms with Crippen LogP contribution in [0.4, 0.5) is 0 Å². The van der Waals surface area contributed by atoms with Crippen molar-refractivity contribution in [2.45, 2.75) is 0 Å². The predicted octanol–water partition coefficient (Wildman–Crippen LogP) is -0.614. The SMILES string of the molecule is C1CPNO1.C1CPNO1.NP(O)O. The largest absolute Gasteiger partial charge is 0.338 e. The van der Waals surface area contributed by atoms with Gasteiger partial charge in [-0.1, -0.05) is 0 Å². The zero-order valence-electron chi connectivity index (χ0n) is 7.56. The summed E-state index contributed by atoms with van der Waals surface area (Å²) in [6.07, 6.45) is 2.39. The molecule has 2 fully saturated rings. The average Bonchev–Trinajstić information content (AvgIpc) is 2.83. The Labute approximate surface area is 87.7 Å². The van der Waals surface area contributed by atoms with E-state index in [-0.39, 0.29) is 0 Å². The molecule has 0 saturated carbocycles. The fraction of sp³-hybridized carbons (Fsp3) is 1.00. The van der Waals surface area contributed by atoms with Gasteiger partial charge in [0, 0.05) is 12.3 Å². The Bertz CT molecular complexity index is 86.0. The maximum absolute atomic E-state index is 7.45. The first kappa shape index (κ1) is 15.0. The molecular weight excluding hydrogens is 247 g/mol. The van der Waals surface area contributed by atoms with Crippen molar-refractivity contribution < 1.29 is 19.5 Å². The van der Waals surface area contributed by atoms with Crippen molar-refractivity contribution in [3.8, 4) is 0 Å². The second kappa shape index (κ2) is 12.1. The number of nitrogens with two attached hydrogens (primary N) is 1. The summed E-state index contributed by atoms with van der Waals surface area (Å²) >= 11 is 0. The second-order valence-electron chi connectivity index (χ2n) is 2.07. The molecule has 2 rings (SSSR count). The van der Waals surface area contributed by atoms with E-state index in [4.69, 9.17) is 19.5 Å². The molecule has 14 heavy (non-hydrogen) atoms. The van der Waals surface area contributed by atoms with Crippen LogP contribution < -0.4 is 16.0 Å². The van der Waals surface area contributed by atoms with Crippen LogP contribution in [0.2, 0.25) is 0 Å². The van der Waals surface area contributed by atoms with E-state index < -0.39 is 8.53 Å². The minimum absolute atomic E-state index is 0.836. The van der Waals surface area contributed by atoms with Crippen LogP contribution >= 0.6 is 26.0 Å². The first-order chi connectivity index (χ1) is 6.73. The highest BCUT2D eigenvalue weighted by Crippen LogP contribution is 2.07. The minimum Gasteiger partial charge on any atom is -0.338 e. The van der Waals surface area contributed by atoms with Crippen LogP contribution in [-0.2, 0) is 9.68 Å². The van der Waals surface area contributed by atoms with Gasteiger partial charge in [0.25, 0.3) is 0 Å². The van der Waals surface area contributed by atoms with Crippen molar-refractivity contribution in [1.82, 2.24) is 10.5 Å². The maximum atomic E-state index is 7.45. The van der Waals surface area contributed by atoms with E-state index in [1.807, 2.05) is 0 Å². The van der Waals surface area contributed by atoms with Crippen LogP contribution in [0.1, 0.15) is 0 Å². The van der Waals surface area contributed by atoms with Crippen LogP contribution in [0, 0.1) is 0 Å². The van der Waals surface area contributed by atoms with Gasteiger partial charge in [-0.15, -0.1) is 0 Å². The lowest BCUT2D eigenvalue weighted by Crippen LogP contribution is -1.90. The summed E-state index contributed by atoms with van der Waals surface area (Å²) in [6, 6.07) is 0. The molecule has 86 valence electrons. The minimum atomic E-state index is -2.12. The van der Waals surface area contributed by atoms with Crippen LogP contribution in [0.3, 0.4) is 0 Å². The molecule has 10 heteroatoms. The van der Waals surface area contributed by atoms with Gasteiger partial charge in [-0.25, -0.2) is 0 Å². The van der Waals surface area contributed by atoms with Crippen molar-refractivity contribution in [2.75, 3.05) is 25.5 Å². The van der Waals surface area contributed by atoms with Gasteiger partial charge in [0.1, 0.15) is 0 Å².